The SMILES string of the molecule is C=C[C@@H](N)c1cc(C)ccc1O.Cl. The van der Waals surface area contributed by atoms with Crippen LogP contribution >= 0.6 is 12.4 Å². The van der Waals surface area contributed by atoms with Crippen LogP contribution < -0.4 is 5.73 Å². The van der Waals surface area contributed by atoms with Gasteiger partial charge in [0.15, 0.2) is 0 Å². The molecular weight excluding hydrogens is 186 g/mol. The Kier molecular flexibility index (Phi) is 4.52. The molecule has 0 saturated carbocycles. The number of aryl methyl sites for hydroxylation is 1. The molecule has 3 heteroatoms. The fourth-order valence-corrected chi connectivity index (χ4v) is 1.07. The Morgan fingerprint density at radius 3 is 2.69 bits per heavy atom. The first-order chi connectivity index (χ1) is 5.65. The molecule has 1 aromatic carbocycles. The Morgan fingerprint density at radius 2 is 2.15 bits per heavy atom. The molecular formula is C10H14ClNO. The lowest BCUT2D eigenvalue weighted by Crippen LogP contribution is -2.06. The van der Waals surface area contributed by atoms with Crippen LogP contribution in [0.1, 0.15) is 17.2 Å². The van der Waals surface area contributed by atoms with E-state index < -0.39 is 0 Å². The number of halogens is 1. The monoisotopic (exact) mass is 199 g/mol. The summed E-state index contributed by atoms with van der Waals surface area (Å²) in [6.45, 7) is 5.53. The van der Waals surface area contributed by atoms with E-state index in [9.17, 15) is 5.11 Å². The van der Waals surface area contributed by atoms with Gasteiger partial charge in [0.2, 0.25) is 0 Å². The van der Waals surface area contributed by atoms with Crippen molar-refractivity contribution in [1.82, 2.24) is 0 Å². The molecule has 0 bridgehead atoms. The molecule has 0 aliphatic rings. The van der Waals surface area contributed by atoms with Crippen LogP contribution in [0.5, 0.6) is 5.75 Å². The molecule has 1 rings (SSSR count). The van der Waals surface area contributed by atoms with Crippen molar-refractivity contribution in [3.63, 3.8) is 0 Å². The van der Waals surface area contributed by atoms with E-state index in [1.165, 1.54) is 0 Å². The zero-order valence-electron chi connectivity index (χ0n) is 7.53. The van der Waals surface area contributed by atoms with Crippen molar-refractivity contribution in [2.24, 2.45) is 5.73 Å². The Bertz CT molecular complexity index is 299. The molecule has 0 fully saturated rings. The van der Waals surface area contributed by atoms with E-state index in [0.717, 1.165) is 11.1 Å². The minimum absolute atomic E-state index is 0. The lowest BCUT2D eigenvalue weighted by molar-refractivity contribution is 0.465. The van der Waals surface area contributed by atoms with Gasteiger partial charge >= 0.3 is 0 Å². The lowest BCUT2D eigenvalue weighted by Gasteiger charge is -2.09. The quantitative estimate of drug-likeness (QED) is 0.719. The molecule has 2 nitrogen and oxygen atoms in total. The van der Waals surface area contributed by atoms with E-state index in [4.69, 9.17) is 5.73 Å². The largest absolute Gasteiger partial charge is 0.508 e. The zero-order chi connectivity index (χ0) is 9.14. The summed E-state index contributed by atoms with van der Waals surface area (Å²) in [6.07, 6.45) is 1.61. The van der Waals surface area contributed by atoms with Gasteiger partial charge in [-0.2, -0.15) is 0 Å². The van der Waals surface area contributed by atoms with Crippen LogP contribution in [0.15, 0.2) is 30.9 Å². The maximum atomic E-state index is 9.41. The van der Waals surface area contributed by atoms with Crippen molar-refractivity contribution < 1.29 is 5.11 Å². The molecule has 0 amide bonds. The number of rotatable bonds is 2. The highest BCUT2D eigenvalue weighted by molar-refractivity contribution is 5.85. The average molecular weight is 200 g/mol. The predicted molar refractivity (Wildman–Crippen MR) is 57.2 cm³/mol. The Balaban J connectivity index is 0.00000144. The summed E-state index contributed by atoms with van der Waals surface area (Å²) in [5.41, 5.74) is 7.50. The highest BCUT2D eigenvalue weighted by Crippen LogP contribution is 2.23. The number of phenolic OH excluding ortho intramolecular Hbond substituents is 1. The molecule has 0 radical (unpaired) electrons. The topological polar surface area (TPSA) is 46.2 Å². The van der Waals surface area contributed by atoms with E-state index >= 15 is 0 Å². The van der Waals surface area contributed by atoms with Crippen LogP contribution in [0.2, 0.25) is 0 Å². The maximum Gasteiger partial charge on any atom is 0.120 e. The van der Waals surface area contributed by atoms with Crippen molar-refractivity contribution >= 4 is 12.4 Å². The molecule has 0 aliphatic heterocycles. The summed E-state index contributed by atoms with van der Waals surface area (Å²) in [7, 11) is 0. The van der Waals surface area contributed by atoms with Crippen LogP contribution in [-0.2, 0) is 0 Å². The molecule has 0 saturated heterocycles. The third-order valence-electron chi connectivity index (χ3n) is 1.80. The predicted octanol–water partition coefficient (Wildman–Crippen LogP) is 2.31. The van der Waals surface area contributed by atoms with Crippen molar-refractivity contribution in [3.8, 4) is 5.75 Å². The van der Waals surface area contributed by atoms with Crippen LogP contribution in [0.4, 0.5) is 0 Å². The van der Waals surface area contributed by atoms with Crippen LogP contribution in [0.25, 0.3) is 0 Å². The summed E-state index contributed by atoms with van der Waals surface area (Å²) in [5.74, 6) is 0.230. The maximum absolute atomic E-state index is 9.41. The second kappa shape index (κ2) is 4.90. The highest BCUT2D eigenvalue weighted by Gasteiger charge is 2.06. The second-order valence-electron chi connectivity index (χ2n) is 2.82. The number of hydrogen-bond donors (Lipinski definition) is 2. The second-order valence-corrected chi connectivity index (χ2v) is 2.82. The molecule has 1 aromatic rings. The fourth-order valence-electron chi connectivity index (χ4n) is 1.07. The Labute approximate surface area is 84.5 Å². The van der Waals surface area contributed by atoms with Crippen molar-refractivity contribution in [1.29, 1.82) is 0 Å². The Morgan fingerprint density at radius 1 is 1.54 bits per heavy atom. The van der Waals surface area contributed by atoms with E-state index in [1.54, 1.807) is 12.1 Å². The number of benzene rings is 1. The molecule has 13 heavy (non-hydrogen) atoms. The van der Waals surface area contributed by atoms with Gasteiger partial charge in [0, 0.05) is 5.56 Å². The smallest absolute Gasteiger partial charge is 0.120 e. The van der Waals surface area contributed by atoms with Gasteiger partial charge in [0.25, 0.3) is 0 Å². The summed E-state index contributed by atoms with van der Waals surface area (Å²) >= 11 is 0. The van der Waals surface area contributed by atoms with Gasteiger partial charge in [-0.15, -0.1) is 19.0 Å². The first-order valence-electron chi connectivity index (χ1n) is 3.83. The minimum Gasteiger partial charge on any atom is -0.508 e. The summed E-state index contributed by atoms with van der Waals surface area (Å²) < 4.78 is 0. The first kappa shape index (κ1) is 12.0. The Hall–Kier alpha value is -0.990. The third-order valence-corrected chi connectivity index (χ3v) is 1.80. The first-order valence-corrected chi connectivity index (χ1v) is 3.83. The average Bonchev–Trinajstić information content (AvgIpc) is 2.08. The van der Waals surface area contributed by atoms with E-state index in [0.29, 0.717) is 0 Å². The molecule has 0 aromatic heterocycles. The highest BCUT2D eigenvalue weighted by atomic mass is 35.5. The molecule has 72 valence electrons. The normalized spacial score (nSPS) is 11.5. The van der Waals surface area contributed by atoms with Crippen molar-refractivity contribution in [2.45, 2.75) is 13.0 Å². The summed E-state index contributed by atoms with van der Waals surface area (Å²) in [5, 5.41) is 9.41. The van der Waals surface area contributed by atoms with Crippen molar-refractivity contribution in [3.05, 3.63) is 42.0 Å². The fraction of sp³-hybridized carbons (Fsp3) is 0.200. The number of aromatic hydroxyl groups is 1. The number of nitrogens with two attached hydrogens (primary N) is 1. The van der Waals surface area contributed by atoms with Crippen LogP contribution in [-0.4, -0.2) is 5.11 Å². The van der Waals surface area contributed by atoms with Gasteiger partial charge in [-0.05, 0) is 13.0 Å². The minimum atomic E-state index is -0.287. The van der Waals surface area contributed by atoms with Crippen molar-refractivity contribution in [2.75, 3.05) is 0 Å². The van der Waals surface area contributed by atoms with E-state index in [-0.39, 0.29) is 24.2 Å². The summed E-state index contributed by atoms with van der Waals surface area (Å²) in [6, 6.07) is 5.06. The van der Waals surface area contributed by atoms with E-state index in [1.807, 2.05) is 19.1 Å². The van der Waals surface area contributed by atoms with Gasteiger partial charge in [0.05, 0.1) is 6.04 Å². The molecule has 0 unspecified atom stereocenters. The van der Waals surface area contributed by atoms with Gasteiger partial charge in [-0.1, -0.05) is 23.8 Å². The molecule has 3 N–H and O–H groups in total. The number of phenols is 1. The number of hydrogen-bond acceptors (Lipinski definition) is 2. The molecule has 0 spiro atoms. The van der Waals surface area contributed by atoms with Gasteiger partial charge < -0.3 is 10.8 Å². The lowest BCUT2D eigenvalue weighted by atomic mass is 10.0. The molecule has 0 aliphatic carbocycles. The van der Waals surface area contributed by atoms with Gasteiger partial charge in [-0.25, -0.2) is 0 Å². The molecule has 0 heterocycles. The zero-order valence-corrected chi connectivity index (χ0v) is 8.34. The molecule has 1 atom stereocenters. The van der Waals surface area contributed by atoms with Crippen LogP contribution in [0.3, 0.4) is 0 Å². The van der Waals surface area contributed by atoms with Gasteiger partial charge in [0.1, 0.15) is 5.75 Å². The summed E-state index contributed by atoms with van der Waals surface area (Å²) in [4.78, 5) is 0. The van der Waals surface area contributed by atoms with Crippen LogP contribution in [0, 0.1) is 6.92 Å². The van der Waals surface area contributed by atoms with E-state index in [2.05, 4.69) is 6.58 Å². The standard InChI is InChI=1S/C10H13NO.ClH/c1-3-9(11)8-6-7(2)4-5-10(8)12;/h3-6,9,12H,1,11H2,2H3;1H/t9-;/m1./s1. The third kappa shape index (κ3) is 2.76. The van der Waals surface area contributed by atoms with Gasteiger partial charge in [-0.3, -0.25) is 0 Å².